The maximum Gasteiger partial charge on any atom is 0.188 e. The molecule has 10 aromatic rings. The predicted octanol–water partition coefficient (Wildman–Crippen LogP) is 12.5. The van der Waals surface area contributed by atoms with E-state index in [0.717, 1.165) is 38.7 Å². The van der Waals surface area contributed by atoms with Crippen molar-refractivity contribution in [2.24, 2.45) is 0 Å². The van der Waals surface area contributed by atoms with Crippen LogP contribution in [0.25, 0.3) is 91.1 Å². The summed E-state index contributed by atoms with van der Waals surface area (Å²) in [5.74, 6) is 0. The van der Waals surface area contributed by atoms with E-state index in [4.69, 9.17) is 6.57 Å². The van der Waals surface area contributed by atoms with Gasteiger partial charge in [0.1, 0.15) is 0 Å². The van der Waals surface area contributed by atoms with E-state index < -0.39 is 0 Å². The molecule has 3 nitrogen and oxygen atoms in total. The zero-order valence-electron chi connectivity index (χ0n) is 25.2. The molecule has 0 radical (unpaired) electrons. The highest BCUT2D eigenvalue weighted by molar-refractivity contribution is 7.26. The third-order valence-corrected chi connectivity index (χ3v) is 10.7. The first-order chi connectivity index (χ1) is 23.3. The Morgan fingerprint density at radius 2 is 1.09 bits per heavy atom. The minimum atomic E-state index is 0.651. The summed E-state index contributed by atoms with van der Waals surface area (Å²) in [4.78, 5) is 3.76. The van der Waals surface area contributed by atoms with Crippen LogP contribution in [0, 0.1) is 6.57 Å². The lowest BCUT2D eigenvalue weighted by Crippen LogP contribution is -1.95. The Kier molecular flexibility index (Phi) is 5.51. The van der Waals surface area contributed by atoms with Crippen LogP contribution in [0.3, 0.4) is 0 Å². The summed E-state index contributed by atoms with van der Waals surface area (Å²) in [6.45, 7) is 7.69. The topological polar surface area (TPSA) is 14.2 Å². The highest BCUT2D eigenvalue weighted by Crippen LogP contribution is 2.42. The van der Waals surface area contributed by atoms with Crippen molar-refractivity contribution in [2.75, 3.05) is 0 Å². The molecule has 0 saturated heterocycles. The number of hydrogen-bond acceptors (Lipinski definition) is 1. The van der Waals surface area contributed by atoms with Crippen molar-refractivity contribution in [3.8, 4) is 22.5 Å². The van der Waals surface area contributed by atoms with E-state index in [2.05, 4.69) is 154 Å². The molecule has 0 N–H and O–H groups in total. The molecule has 7 aromatic carbocycles. The molecule has 0 atom stereocenters. The monoisotopic (exact) mass is 615 g/mol. The van der Waals surface area contributed by atoms with Gasteiger partial charge in [0.2, 0.25) is 0 Å². The fourth-order valence-corrected chi connectivity index (χ4v) is 8.68. The van der Waals surface area contributed by atoms with E-state index in [1.54, 1.807) is 0 Å². The quantitative estimate of drug-likeness (QED) is 0.176. The van der Waals surface area contributed by atoms with Crippen LogP contribution in [0.4, 0.5) is 5.69 Å². The standard InChI is InChI=1S/C43H25N3S/c1-44-28-20-23-39-35(24-28)37-25-36-32-12-5-7-16-38(32)46(40(36)26-41(37)45(39)29-10-3-2-4-11-29)30-21-18-27(19-22-30)31-14-9-15-34-33-13-6-8-17-42(33)47-43(31)34/h2-26H. The lowest BCUT2D eigenvalue weighted by Gasteiger charge is -2.11. The van der Waals surface area contributed by atoms with Gasteiger partial charge >= 0.3 is 0 Å². The number of thiophene rings is 1. The molecule has 0 amide bonds. The van der Waals surface area contributed by atoms with Gasteiger partial charge in [0.05, 0.1) is 28.6 Å². The van der Waals surface area contributed by atoms with Crippen molar-refractivity contribution < 1.29 is 0 Å². The third-order valence-electron chi connectivity index (χ3n) is 9.53. The van der Waals surface area contributed by atoms with Crippen LogP contribution in [0.15, 0.2) is 152 Å². The predicted molar refractivity (Wildman–Crippen MR) is 200 cm³/mol. The van der Waals surface area contributed by atoms with Crippen LogP contribution in [-0.2, 0) is 0 Å². The van der Waals surface area contributed by atoms with Gasteiger partial charge in [-0.05, 0) is 77.2 Å². The molecule has 0 fully saturated rings. The van der Waals surface area contributed by atoms with E-state index in [1.165, 1.54) is 47.6 Å². The summed E-state index contributed by atoms with van der Waals surface area (Å²) >= 11 is 1.87. The number of para-hydroxylation sites is 2. The average molecular weight is 616 g/mol. The smallest absolute Gasteiger partial charge is 0.188 e. The van der Waals surface area contributed by atoms with Crippen LogP contribution >= 0.6 is 11.3 Å². The van der Waals surface area contributed by atoms with E-state index in [9.17, 15) is 0 Å². The summed E-state index contributed by atoms with van der Waals surface area (Å²) in [5.41, 5.74) is 9.92. The Morgan fingerprint density at radius 1 is 0.447 bits per heavy atom. The number of rotatable bonds is 3. The van der Waals surface area contributed by atoms with E-state index >= 15 is 0 Å². The zero-order valence-corrected chi connectivity index (χ0v) is 26.0. The summed E-state index contributed by atoms with van der Waals surface area (Å²) in [7, 11) is 0. The molecule has 0 aliphatic heterocycles. The van der Waals surface area contributed by atoms with E-state index in [1.807, 2.05) is 23.5 Å². The zero-order chi connectivity index (χ0) is 31.1. The summed E-state index contributed by atoms with van der Waals surface area (Å²) < 4.78 is 7.37. The van der Waals surface area contributed by atoms with Crippen molar-refractivity contribution in [1.82, 2.24) is 9.13 Å². The van der Waals surface area contributed by atoms with E-state index in [-0.39, 0.29) is 0 Å². The highest BCUT2D eigenvalue weighted by Gasteiger charge is 2.19. The second-order valence-electron chi connectivity index (χ2n) is 12.1. The summed E-state index contributed by atoms with van der Waals surface area (Å²) in [5, 5.41) is 7.29. The van der Waals surface area contributed by atoms with Gasteiger partial charge < -0.3 is 9.13 Å². The van der Waals surface area contributed by atoms with Gasteiger partial charge in [-0.3, -0.25) is 0 Å². The summed E-state index contributed by atoms with van der Waals surface area (Å²) in [6.07, 6.45) is 0. The lowest BCUT2D eigenvalue weighted by atomic mass is 10.0. The Labute approximate surface area is 274 Å². The van der Waals surface area contributed by atoms with E-state index in [0.29, 0.717) is 5.69 Å². The molecule has 0 saturated carbocycles. The largest absolute Gasteiger partial charge is 0.309 e. The van der Waals surface area contributed by atoms with Gasteiger partial charge in [-0.2, -0.15) is 0 Å². The molecular formula is C43H25N3S. The number of hydrogen-bond donors (Lipinski definition) is 0. The van der Waals surface area contributed by atoms with Crippen LogP contribution in [0.5, 0.6) is 0 Å². The van der Waals surface area contributed by atoms with Crippen LogP contribution in [0.1, 0.15) is 0 Å². The Balaban J connectivity index is 1.22. The molecule has 3 aromatic heterocycles. The molecule has 10 rings (SSSR count). The summed E-state index contributed by atoms with van der Waals surface area (Å²) in [6, 6.07) is 54.3. The van der Waals surface area contributed by atoms with Gasteiger partial charge in [0, 0.05) is 47.7 Å². The second-order valence-corrected chi connectivity index (χ2v) is 13.1. The van der Waals surface area contributed by atoms with Crippen molar-refractivity contribution in [2.45, 2.75) is 0 Å². The molecule has 0 aliphatic rings. The number of nitrogens with zero attached hydrogens (tertiary/aromatic N) is 3. The molecular weight excluding hydrogens is 591 g/mol. The van der Waals surface area contributed by atoms with Gasteiger partial charge in [-0.25, -0.2) is 4.85 Å². The molecule has 0 unspecified atom stereocenters. The maximum atomic E-state index is 7.69. The fourth-order valence-electron chi connectivity index (χ4n) is 7.44. The van der Waals surface area contributed by atoms with Gasteiger partial charge in [0.25, 0.3) is 0 Å². The minimum absolute atomic E-state index is 0.651. The molecule has 0 spiro atoms. The normalized spacial score (nSPS) is 11.8. The van der Waals surface area contributed by atoms with Crippen LogP contribution < -0.4 is 0 Å². The number of aromatic nitrogens is 2. The lowest BCUT2D eigenvalue weighted by molar-refractivity contribution is 1.16. The van der Waals surface area contributed by atoms with Crippen LogP contribution in [-0.4, -0.2) is 9.13 Å². The van der Waals surface area contributed by atoms with Crippen molar-refractivity contribution in [1.29, 1.82) is 0 Å². The first-order valence-electron chi connectivity index (χ1n) is 15.7. The molecule has 0 bridgehead atoms. The highest BCUT2D eigenvalue weighted by atomic mass is 32.1. The molecule has 0 aliphatic carbocycles. The number of fused-ring (bicyclic) bond motifs is 9. The Morgan fingerprint density at radius 3 is 1.89 bits per heavy atom. The van der Waals surface area contributed by atoms with Crippen molar-refractivity contribution in [3.05, 3.63) is 163 Å². The first kappa shape index (κ1) is 26.1. The molecule has 47 heavy (non-hydrogen) atoms. The first-order valence-corrected chi connectivity index (χ1v) is 16.5. The molecule has 3 heterocycles. The second kappa shape index (κ2) is 9.92. The Hall–Kier alpha value is -6.15. The third kappa shape index (κ3) is 3.78. The van der Waals surface area contributed by atoms with Gasteiger partial charge in [-0.15, -0.1) is 11.3 Å². The van der Waals surface area contributed by atoms with Gasteiger partial charge in [0.15, 0.2) is 5.69 Å². The Bertz CT molecular complexity index is 2900. The molecule has 4 heteroatoms. The average Bonchev–Trinajstić information content (AvgIpc) is 3.78. The van der Waals surface area contributed by atoms with Crippen molar-refractivity contribution in [3.63, 3.8) is 0 Å². The number of benzene rings is 7. The minimum Gasteiger partial charge on any atom is -0.309 e. The fraction of sp³-hybridized carbons (Fsp3) is 0. The van der Waals surface area contributed by atoms with Gasteiger partial charge in [-0.1, -0.05) is 91.0 Å². The van der Waals surface area contributed by atoms with Crippen molar-refractivity contribution >= 4 is 80.8 Å². The van der Waals surface area contributed by atoms with Crippen LogP contribution in [0.2, 0.25) is 0 Å². The molecule has 218 valence electrons. The SMILES string of the molecule is [C-]#[N+]c1ccc2c(c1)c1cc3c4ccccc4n(-c4ccc(-c5cccc6c5sc5ccccc56)cc4)c3cc1n2-c1ccccc1. The maximum absolute atomic E-state index is 7.69.